The maximum absolute atomic E-state index is 11.5. The third-order valence-corrected chi connectivity index (χ3v) is 2.54. The third-order valence-electron chi connectivity index (χ3n) is 2.54. The lowest BCUT2D eigenvalue weighted by atomic mass is 9.80. The molecule has 0 bridgehead atoms. The Morgan fingerprint density at radius 2 is 1.85 bits per heavy atom. The second kappa shape index (κ2) is 5.73. The Morgan fingerprint density at radius 3 is 2.15 bits per heavy atom. The Labute approximate surface area is 79.5 Å². The van der Waals surface area contributed by atoms with Gasteiger partial charge in [-0.15, -0.1) is 0 Å². The molecular weight excluding hydrogens is 168 g/mol. The van der Waals surface area contributed by atoms with E-state index < -0.39 is 5.41 Å². The van der Waals surface area contributed by atoms with Gasteiger partial charge in [-0.1, -0.05) is 13.8 Å². The first kappa shape index (κ1) is 12.1. The van der Waals surface area contributed by atoms with Crippen LogP contribution in [0.15, 0.2) is 0 Å². The lowest BCUT2D eigenvalue weighted by Crippen LogP contribution is -2.32. The second-order valence-corrected chi connectivity index (χ2v) is 3.08. The highest BCUT2D eigenvalue weighted by molar-refractivity contribution is 5.79. The molecule has 0 aromatic rings. The molecule has 0 aromatic heterocycles. The first-order valence-electron chi connectivity index (χ1n) is 4.77. The fraction of sp³-hybridized carbons (Fsp3) is 0.800. The molecule has 0 rings (SSSR count). The summed E-state index contributed by atoms with van der Waals surface area (Å²) in [6, 6.07) is 0. The summed E-state index contributed by atoms with van der Waals surface area (Å²) in [5.41, 5.74) is -0.586. The van der Waals surface area contributed by atoms with Crippen LogP contribution in [0.3, 0.4) is 0 Å². The van der Waals surface area contributed by atoms with Crippen molar-refractivity contribution in [3.63, 3.8) is 0 Å². The summed E-state index contributed by atoms with van der Waals surface area (Å²) < 4.78 is 4.94. The van der Waals surface area contributed by atoms with Crippen LogP contribution in [0.5, 0.6) is 0 Å². The third kappa shape index (κ3) is 2.83. The van der Waals surface area contributed by atoms with Gasteiger partial charge in [-0.25, -0.2) is 0 Å². The largest absolute Gasteiger partial charge is 0.466 e. The lowest BCUT2D eigenvalue weighted by molar-refractivity contribution is -0.157. The van der Waals surface area contributed by atoms with Crippen LogP contribution >= 0.6 is 0 Å². The van der Waals surface area contributed by atoms with Gasteiger partial charge in [0.05, 0.1) is 12.0 Å². The number of carbonyl (C=O) groups excluding carboxylic acids is 2. The molecule has 0 N–H and O–H groups in total. The molecule has 0 radical (unpaired) electrons. The zero-order valence-corrected chi connectivity index (χ0v) is 8.63. The van der Waals surface area contributed by atoms with E-state index in [9.17, 15) is 9.59 Å². The lowest BCUT2D eigenvalue weighted by Gasteiger charge is -2.26. The van der Waals surface area contributed by atoms with Crippen molar-refractivity contribution in [2.75, 3.05) is 6.61 Å². The van der Waals surface area contributed by atoms with Crippen LogP contribution in [0.1, 0.15) is 40.0 Å². The van der Waals surface area contributed by atoms with E-state index in [0.29, 0.717) is 19.4 Å². The number of hydrogen-bond acceptors (Lipinski definition) is 3. The Kier molecular flexibility index (Phi) is 5.35. The fourth-order valence-corrected chi connectivity index (χ4v) is 1.35. The van der Waals surface area contributed by atoms with Crippen molar-refractivity contribution < 1.29 is 14.3 Å². The van der Waals surface area contributed by atoms with E-state index in [2.05, 4.69) is 0 Å². The quantitative estimate of drug-likeness (QED) is 0.470. The maximum Gasteiger partial charge on any atom is 0.312 e. The second-order valence-electron chi connectivity index (χ2n) is 3.08. The SMILES string of the molecule is CCOC(=O)C(CC)(CC)CC=O. The molecule has 3 heteroatoms. The molecule has 0 saturated carbocycles. The van der Waals surface area contributed by atoms with Gasteiger partial charge in [0.2, 0.25) is 0 Å². The van der Waals surface area contributed by atoms with E-state index in [4.69, 9.17) is 4.74 Å². The molecule has 0 amide bonds. The minimum atomic E-state index is -0.586. The van der Waals surface area contributed by atoms with Crippen LogP contribution in [0.2, 0.25) is 0 Å². The highest BCUT2D eigenvalue weighted by Gasteiger charge is 2.35. The standard InChI is InChI=1S/C10H18O3/c1-4-10(5-2,7-8-11)9(12)13-6-3/h8H,4-7H2,1-3H3. The van der Waals surface area contributed by atoms with Gasteiger partial charge in [0.25, 0.3) is 0 Å². The molecule has 0 aliphatic rings. The molecule has 13 heavy (non-hydrogen) atoms. The molecule has 0 saturated heterocycles. The van der Waals surface area contributed by atoms with Crippen molar-refractivity contribution in [1.29, 1.82) is 0 Å². The van der Waals surface area contributed by atoms with Crippen LogP contribution in [-0.4, -0.2) is 18.9 Å². The first-order chi connectivity index (χ1) is 6.16. The first-order valence-corrected chi connectivity index (χ1v) is 4.77. The monoisotopic (exact) mass is 186 g/mol. The Bertz CT molecular complexity index is 171. The highest BCUT2D eigenvalue weighted by atomic mass is 16.5. The van der Waals surface area contributed by atoms with Crippen molar-refractivity contribution in [1.82, 2.24) is 0 Å². The average molecular weight is 186 g/mol. The molecule has 0 heterocycles. The molecule has 0 atom stereocenters. The summed E-state index contributed by atoms with van der Waals surface area (Å²) in [5, 5.41) is 0. The average Bonchev–Trinajstić information content (AvgIpc) is 2.14. The molecular formula is C10H18O3. The van der Waals surface area contributed by atoms with Crippen molar-refractivity contribution in [3.05, 3.63) is 0 Å². The van der Waals surface area contributed by atoms with E-state index in [1.54, 1.807) is 6.92 Å². The van der Waals surface area contributed by atoms with Gasteiger partial charge in [0.15, 0.2) is 0 Å². The molecule has 76 valence electrons. The molecule has 0 fully saturated rings. The predicted molar refractivity (Wildman–Crippen MR) is 50.3 cm³/mol. The maximum atomic E-state index is 11.5. The highest BCUT2D eigenvalue weighted by Crippen LogP contribution is 2.31. The Hall–Kier alpha value is -0.860. The van der Waals surface area contributed by atoms with E-state index >= 15 is 0 Å². The van der Waals surface area contributed by atoms with E-state index in [1.807, 2.05) is 13.8 Å². The molecule has 3 nitrogen and oxygen atoms in total. The number of aldehydes is 1. The number of ether oxygens (including phenoxy) is 1. The topological polar surface area (TPSA) is 43.4 Å². The molecule has 0 spiro atoms. The van der Waals surface area contributed by atoms with Gasteiger partial charge < -0.3 is 9.53 Å². The fourth-order valence-electron chi connectivity index (χ4n) is 1.35. The van der Waals surface area contributed by atoms with Crippen molar-refractivity contribution in [2.24, 2.45) is 5.41 Å². The molecule has 0 aliphatic carbocycles. The summed E-state index contributed by atoms with van der Waals surface area (Å²) in [6.45, 7) is 5.96. The van der Waals surface area contributed by atoms with Crippen LogP contribution in [0, 0.1) is 5.41 Å². The number of carbonyl (C=O) groups is 2. The predicted octanol–water partition coefficient (Wildman–Crippen LogP) is 1.94. The van der Waals surface area contributed by atoms with Crippen molar-refractivity contribution >= 4 is 12.3 Å². The molecule has 0 unspecified atom stereocenters. The molecule has 0 aromatic carbocycles. The number of hydrogen-bond donors (Lipinski definition) is 0. The van der Waals surface area contributed by atoms with Gasteiger partial charge in [-0.3, -0.25) is 4.79 Å². The van der Waals surface area contributed by atoms with E-state index in [-0.39, 0.29) is 12.4 Å². The van der Waals surface area contributed by atoms with Gasteiger partial charge in [-0.2, -0.15) is 0 Å². The summed E-state index contributed by atoms with van der Waals surface area (Å²) in [6.07, 6.45) is 2.37. The van der Waals surface area contributed by atoms with Crippen LogP contribution in [-0.2, 0) is 14.3 Å². The smallest absolute Gasteiger partial charge is 0.312 e. The zero-order chi connectivity index (χ0) is 10.3. The minimum absolute atomic E-state index is 0.243. The van der Waals surface area contributed by atoms with Crippen molar-refractivity contribution in [2.45, 2.75) is 40.0 Å². The van der Waals surface area contributed by atoms with Crippen LogP contribution < -0.4 is 0 Å². The van der Waals surface area contributed by atoms with E-state index in [1.165, 1.54) is 0 Å². The molecule has 0 aliphatic heterocycles. The normalized spacial score (nSPS) is 11.0. The zero-order valence-electron chi connectivity index (χ0n) is 8.63. The van der Waals surface area contributed by atoms with Gasteiger partial charge in [0, 0.05) is 6.42 Å². The summed E-state index contributed by atoms with van der Waals surface area (Å²) in [5.74, 6) is -0.243. The number of rotatable bonds is 6. The van der Waals surface area contributed by atoms with Gasteiger partial charge in [-0.05, 0) is 19.8 Å². The van der Waals surface area contributed by atoms with Gasteiger partial charge >= 0.3 is 5.97 Å². The summed E-state index contributed by atoms with van der Waals surface area (Å²) >= 11 is 0. The summed E-state index contributed by atoms with van der Waals surface area (Å²) in [7, 11) is 0. The Balaban J connectivity index is 4.52. The van der Waals surface area contributed by atoms with Gasteiger partial charge in [0.1, 0.15) is 6.29 Å². The minimum Gasteiger partial charge on any atom is -0.466 e. The number of esters is 1. The summed E-state index contributed by atoms with van der Waals surface area (Å²) in [4.78, 5) is 22.0. The van der Waals surface area contributed by atoms with Crippen molar-refractivity contribution in [3.8, 4) is 0 Å². The van der Waals surface area contributed by atoms with Crippen LogP contribution in [0.4, 0.5) is 0 Å². The van der Waals surface area contributed by atoms with Crippen LogP contribution in [0.25, 0.3) is 0 Å². The van der Waals surface area contributed by atoms with E-state index in [0.717, 1.165) is 6.29 Å². The Morgan fingerprint density at radius 1 is 1.31 bits per heavy atom.